The van der Waals surface area contributed by atoms with E-state index in [1.807, 2.05) is 17.5 Å². The molecule has 1 aliphatic carbocycles. The van der Waals surface area contributed by atoms with Gasteiger partial charge in [-0.25, -0.2) is 9.78 Å². The number of nitrogens with two attached hydrogens (primary N) is 1. The van der Waals surface area contributed by atoms with E-state index < -0.39 is 0 Å². The van der Waals surface area contributed by atoms with Gasteiger partial charge in [-0.05, 0) is 31.0 Å². The molecule has 0 unspecified atom stereocenters. The normalized spacial score (nSPS) is 14.8. The molecule has 1 aliphatic rings. The SMILES string of the molecule is COC(=O)c1ccc(-c2nc(CN(CCC3CCCCC3)CC(N)=O)cs2)cc1. The number of thiazole rings is 1. The summed E-state index contributed by atoms with van der Waals surface area (Å²) < 4.78 is 4.73. The average molecular weight is 416 g/mol. The molecule has 1 fully saturated rings. The van der Waals surface area contributed by atoms with Crippen LogP contribution < -0.4 is 5.73 Å². The number of esters is 1. The molecule has 3 rings (SSSR count). The molecule has 1 aromatic carbocycles. The van der Waals surface area contributed by atoms with Crippen LogP contribution in [0.5, 0.6) is 0 Å². The summed E-state index contributed by atoms with van der Waals surface area (Å²) in [5, 5.41) is 2.92. The lowest BCUT2D eigenvalue weighted by Gasteiger charge is -2.25. The molecule has 7 heteroatoms. The van der Waals surface area contributed by atoms with Gasteiger partial charge in [0.25, 0.3) is 0 Å². The summed E-state index contributed by atoms with van der Waals surface area (Å²) in [7, 11) is 1.37. The highest BCUT2D eigenvalue weighted by atomic mass is 32.1. The minimum atomic E-state index is -0.351. The van der Waals surface area contributed by atoms with Gasteiger partial charge in [-0.3, -0.25) is 9.69 Å². The van der Waals surface area contributed by atoms with E-state index in [0.29, 0.717) is 12.1 Å². The Hall–Kier alpha value is -2.25. The lowest BCUT2D eigenvalue weighted by Crippen LogP contribution is -2.35. The second-order valence-electron chi connectivity index (χ2n) is 7.68. The standard InChI is InChI=1S/C22H29N3O3S/c1-28-22(27)18-9-7-17(8-10-18)21-24-19(15-29-21)13-25(14-20(23)26)12-11-16-5-3-2-4-6-16/h7-10,15-16H,2-6,11-14H2,1H3,(H2,23,26). The van der Waals surface area contributed by atoms with E-state index >= 15 is 0 Å². The molecule has 2 N–H and O–H groups in total. The van der Waals surface area contributed by atoms with Crippen molar-refractivity contribution in [3.05, 3.63) is 40.9 Å². The number of amides is 1. The van der Waals surface area contributed by atoms with E-state index in [0.717, 1.165) is 35.1 Å². The summed E-state index contributed by atoms with van der Waals surface area (Å²) in [4.78, 5) is 29.9. The third-order valence-corrected chi connectivity index (χ3v) is 6.39. The fraction of sp³-hybridized carbons (Fsp3) is 0.500. The smallest absolute Gasteiger partial charge is 0.337 e. The monoisotopic (exact) mass is 415 g/mol. The molecule has 0 spiro atoms. The van der Waals surface area contributed by atoms with E-state index in [4.69, 9.17) is 15.5 Å². The highest BCUT2D eigenvalue weighted by Gasteiger charge is 2.17. The summed E-state index contributed by atoms with van der Waals surface area (Å²) in [5.41, 5.74) is 7.88. The molecule has 29 heavy (non-hydrogen) atoms. The number of nitrogens with zero attached hydrogens (tertiary/aromatic N) is 2. The lowest BCUT2D eigenvalue weighted by atomic mass is 9.87. The van der Waals surface area contributed by atoms with Crippen LogP contribution in [0, 0.1) is 5.92 Å². The molecule has 0 aliphatic heterocycles. The zero-order chi connectivity index (χ0) is 20.6. The number of primary amides is 1. The van der Waals surface area contributed by atoms with Crippen LogP contribution in [0.25, 0.3) is 10.6 Å². The first-order valence-corrected chi connectivity index (χ1v) is 11.1. The molecule has 6 nitrogen and oxygen atoms in total. The Labute approximate surface area is 176 Å². The Kier molecular flexibility index (Phi) is 7.77. The van der Waals surface area contributed by atoms with Gasteiger partial charge in [-0.1, -0.05) is 44.2 Å². The zero-order valence-electron chi connectivity index (χ0n) is 16.9. The molecule has 1 saturated carbocycles. The maximum absolute atomic E-state index is 11.6. The Morgan fingerprint density at radius 3 is 2.59 bits per heavy atom. The number of hydrogen-bond acceptors (Lipinski definition) is 6. The first kappa shape index (κ1) is 21.5. The largest absolute Gasteiger partial charge is 0.465 e. The Morgan fingerprint density at radius 2 is 1.93 bits per heavy atom. The number of benzene rings is 1. The Morgan fingerprint density at radius 1 is 1.21 bits per heavy atom. The first-order chi connectivity index (χ1) is 14.0. The van der Waals surface area contributed by atoms with Gasteiger partial charge < -0.3 is 10.5 Å². The Bertz CT molecular complexity index is 813. The molecule has 2 aromatic rings. The second kappa shape index (κ2) is 10.5. The minimum Gasteiger partial charge on any atom is -0.465 e. The number of carbonyl (C=O) groups excluding carboxylic acids is 2. The van der Waals surface area contributed by atoms with Gasteiger partial charge in [0.1, 0.15) is 5.01 Å². The fourth-order valence-electron chi connectivity index (χ4n) is 3.88. The van der Waals surface area contributed by atoms with Gasteiger partial charge in [0.15, 0.2) is 0 Å². The van der Waals surface area contributed by atoms with Crippen molar-refractivity contribution >= 4 is 23.2 Å². The molecule has 1 amide bonds. The highest BCUT2D eigenvalue weighted by molar-refractivity contribution is 7.13. The molecule has 0 atom stereocenters. The molecule has 0 bridgehead atoms. The molecule has 1 aromatic heterocycles. The number of ether oxygens (including phenoxy) is 1. The molecular formula is C22H29N3O3S. The molecule has 1 heterocycles. The first-order valence-electron chi connectivity index (χ1n) is 10.2. The van der Waals surface area contributed by atoms with Gasteiger partial charge >= 0.3 is 5.97 Å². The van der Waals surface area contributed by atoms with E-state index in [1.54, 1.807) is 23.5 Å². The van der Waals surface area contributed by atoms with Crippen LogP contribution >= 0.6 is 11.3 Å². The number of aromatic nitrogens is 1. The summed E-state index contributed by atoms with van der Waals surface area (Å²) in [5.74, 6) is 0.109. The number of hydrogen-bond donors (Lipinski definition) is 1. The quantitative estimate of drug-likeness (QED) is 0.629. The topological polar surface area (TPSA) is 85.5 Å². The van der Waals surface area contributed by atoms with Crippen molar-refractivity contribution < 1.29 is 14.3 Å². The summed E-state index contributed by atoms with van der Waals surface area (Å²) in [6, 6.07) is 7.23. The summed E-state index contributed by atoms with van der Waals surface area (Å²) >= 11 is 1.56. The van der Waals surface area contributed by atoms with E-state index in [2.05, 4.69) is 4.90 Å². The van der Waals surface area contributed by atoms with E-state index in [9.17, 15) is 9.59 Å². The average Bonchev–Trinajstić information content (AvgIpc) is 3.20. The number of carbonyl (C=O) groups is 2. The number of methoxy groups -OCH3 is 1. The summed E-state index contributed by atoms with van der Waals surface area (Å²) in [6.45, 7) is 1.74. The van der Waals surface area contributed by atoms with Crippen LogP contribution in [0.3, 0.4) is 0 Å². The van der Waals surface area contributed by atoms with Crippen LogP contribution in [0.1, 0.15) is 54.6 Å². The predicted octanol–water partition coefficient (Wildman–Crippen LogP) is 3.85. The maximum atomic E-state index is 11.6. The third kappa shape index (κ3) is 6.37. The van der Waals surface area contributed by atoms with Gasteiger partial charge in [-0.2, -0.15) is 0 Å². The van der Waals surface area contributed by atoms with E-state index in [1.165, 1.54) is 39.2 Å². The van der Waals surface area contributed by atoms with Crippen molar-refractivity contribution in [2.75, 3.05) is 20.2 Å². The van der Waals surface area contributed by atoms with Crippen LogP contribution in [0.15, 0.2) is 29.6 Å². The Balaban J connectivity index is 1.62. The fourth-order valence-corrected chi connectivity index (χ4v) is 4.70. The van der Waals surface area contributed by atoms with Crippen LogP contribution in [-0.2, 0) is 16.1 Å². The van der Waals surface area contributed by atoms with Gasteiger partial charge in [0.05, 0.1) is 24.9 Å². The van der Waals surface area contributed by atoms with Crippen molar-refractivity contribution in [3.63, 3.8) is 0 Å². The van der Waals surface area contributed by atoms with Gasteiger partial charge in [0.2, 0.25) is 5.91 Å². The second-order valence-corrected chi connectivity index (χ2v) is 8.54. The van der Waals surface area contributed by atoms with Crippen molar-refractivity contribution in [2.24, 2.45) is 11.7 Å². The minimum absolute atomic E-state index is 0.257. The molecule has 0 radical (unpaired) electrons. The van der Waals surface area contributed by atoms with Gasteiger partial charge in [-0.15, -0.1) is 11.3 Å². The van der Waals surface area contributed by atoms with Crippen LogP contribution in [0.4, 0.5) is 0 Å². The maximum Gasteiger partial charge on any atom is 0.337 e. The van der Waals surface area contributed by atoms with Crippen LogP contribution in [0.2, 0.25) is 0 Å². The lowest BCUT2D eigenvalue weighted by molar-refractivity contribution is -0.119. The third-order valence-electron chi connectivity index (χ3n) is 5.45. The van der Waals surface area contributed by atoms with E-state index in [-0.39, 0.29) is 18.4 Å². The molecular weight excluding hydrogens is 386 g/mol. The zero-order valence-corrected chi connectivity index (χ0v) is 17.7. The molecule has 156 valence electrons. The van der Waals surface area contributed by atoms with Gasteiger partial charge in [0, 0.05) is 17.5 Å². The van der Waals surface area contributed by atoms with Crippen LogP contribution in [-0.4, -0.2) is 42.0 Å². The van der Waals surface area contributed by atoms with Crippen molar-refractivity contribution in [1.82, 2.24) is 9.88 Å². The number of rotatable bonds is 9. The highest BCUT2D eigenvalue weighted by Crippen LogP contribution is 2.27. The predicted molar refractivity (Wildman–Crippen MR) is 115 cm³/mol. The molecule has 0 saturated heterocycles. The van der Waals surface area contributed by atoms with Crippen molar-refractivity contribution in [2.45, 2.75) is 45.1 Å². The van der Waals surface area contributed by atoms with Crippen molar-refractivity contribution in [1.29, 1.82) is 0 Å². The van der Waals surface area contributed by atoms with Crippen molar-refractivity contribution in [3.8, 4) is 10.6 Å². The summed E-state index contributed by atoms with van der Waals surface area (Å²) in [6.07, 6.45) is 7.71.